The monoisotopic (exact) mass is 698 g/mol. The number of hydrogen-bond donors (Lipinski definition) is 3. The summed E-state index contributed by atoms with van der Waals surface area (Å²) in [5.41, 5.74) is 4.22. The van der Waals surface area contributed by atoms with Crippen molar-refractivity contribution in [3.8, 4) is 11.1 Å². The fourth-order valence-corrected chi connectivity index (χ4v) is 6.43. The molecule has 0 bridgehead atoms. The summed E-state index contributed by atoms with van der Waals surface area (Å²) in [6.45, 7) is 5.32. The van der Waals surface area contributed by atoms with Crippen LogP contribution in [0.15, 0.2) is 78.9 Å². The van der Waals surface area contributed by atoms with Crippen molar-refractivity contribution in [3.63, 3.8) is 0 Å². The van der Waals surface area contributed by atoms with E-state index in [9.17, 15) is 19.2 Å². The minimum absolute atomic E-state index is 0.0841. The highest BCUT2D eigenvalue weighted by Crippen LogP contribution is 2.28. The Morgan fingerprint density at radius 3 is 2.18 bits per heavy atom. The molecule has 0 atom stereocenters. The van der Waals surface area contributed by atoms with Gasteiger partial charge in [0.05, 0.1) is 5.69 Å². The molecule has 5 rings (SSSR count). The van der Waals surface area contributed by atoms with Gasteiger partial charge in [-0.15, -0.1) is 0 Å². The number of nitrogens with one attached hydrogen (secondary N) is 2. The van der Waals surface area contributed by atoms with Crippen molar-refractivity contribution in [1.29, 1.82) is 0 Å². The Morgan fingerprint density at radius 2 is 1.47 bits per heavy atom. The first-order valence-electron chi connectivity index (χ1n) is 18.0. The zero-order chi connectivity index (χ0) is 36.0. The fraction of sp³-hybridized carbons (Fsp3) is 0.436. The van der Waals surface area contributed by atoms with Crippen LogP contribution < -0.4 is 10.6 Å². The third kappa shape index (κ3) is 11.2. The van der Waals surface area contributed by atoms with Gasteiger partial charge >= 0.3 is 12.2 Å². The minimum Gasteiger partial charge on any atom is -0.465 e. The van der Waals surface area contributed by atoms with Gasteiger partial charge in [0.1, 0.15) is 6.10 Å². The van der Waals surface area contributed by atoms with Crippen LogP contribution in [0.4, 0.5) is 21.0 Å². The molecule has 0 saturated carbocycles. The van der Waals surface area contributed by atoms with E-state index < -0.39 is 12.2 Å². The Morgan fingerprint density at radius 1 is 0.804 bits per heavy atom. The number of carboxylic acid groups (broad SMARTS) is 1. The van der Waals surface area contributed by atoms with Gasteiger partial charge in [0.2, 0.25) is 5.91 Å². The number of ether oxygens (including phenoxy) is 1. The summed E-state index contributed by atoms with van der Waals surface area (Å²) >= 11 is 0. The summed E-state index contributed by atoms with van der Waals surface area (Å²) in [4.78, 5) is 56.5. The number of anilines is 2. The maximum atomic E-state index is 12.8. The molecular weight excluding hydrogens is 648 g/mol. The molecule has 51 heavy (non-hydrogen) atoms. The third-order valence-corrected chi connectivity index (χ3v) is 9.60. The van der Waals surface area contributed by atoms with E-state index in [1.807, 2.05) is 78.7 Å². The Balaban J connectivity index is 0.902. The first-order valence-corrected chi connectivity index (χ1v) is 18.0. The molecule has 2 saturated heterocycles. The van der Waals surface area contributed by atoms with E-state index in [-0.39, 0.29) is 17.9 Å². The zero-order valence-electron chi connectivity index (χ0n) is 29.5. The topological polar surface area (TPSA) is 135 Å². The molecule has 0 radical (unpaired) electrons. The number of unbranched alkanes of at least 4 members (excludes halogenated alkanes) is 2. The number of likely N-dealkylation sites (N-methyl/N-ethyl adjacent to an activating group) is 1. The van der Waals surface area contributed by atoms with Crippen LogP contribution in [0, 0.1) is 0 Å². The quantitative estimate of drug-likeness (QED) is 0.176. The average molecular weight is 699 g/mol. The smallest absolute Gasteiger partial charge is 0.411 e. The van der Waals surface area contributed by atoms with Gasteiger partial charge in [0, 0.05) is 89.2 Å². The molecule has 0 unspecified atom stereocenters. The predicted molar refractivity (Wildman–Crippen MR) is 198 cm³/mol. The Labute approximate surface area is 300 Å². The van der Waals surface area contributed by atoms with E-state index in [1.165, 1.54) is 4.90 Å². The standard InChI is InChI=1S/C39H50N6O6/c1-42(24-25-43-22-19-33(20-23-43)51-38(48)41-35-13-8-7-12-34(35)30-10-4-2-5-11-30)36(46)14-6-3-9-21-40-32-17-15-31(16-18-32)37(47)44-26-28-45(29-27-44)39(49)50/h2,4-5,7-8,10-13,15-18,33,40H,3,6,9,14,19-29H2,1H3,(H,41,48)(H,49,50). The molecule has 2 aliphatic heterocycles. The number of hydrogen-bond acceptors (Lipinski definition) is 7. The van der Waals surface area contributed by atoms with Crippen LogP contribution in [0.25, 0.3) is 11.1 Å². The number of piperidine rings is 1. The first kappa shape index (κ1) is 37.2. The van der Waals surface area contributed by atoms with E-state index in [0.29, 0.717) is 44.7 Å². The molecule has 272 valence electrons. The molecule has 3 aromatic rings. The summed E-state index contributed by atoms with van der Waals surface area (Å²) < 4.78 is 5.76. The molecule has 12 heteroatoms. The van der Waals surface area contributed by atoms with Crippen LogP contribution in [0.1, 0.15) is 48.9 Å². The maximum Gasteiger partial charge on any atom is 0.411 e. The number of benzene rings is 3. The van der Waals surface area contributed by atoms with Gasteiger partial charge in [-0.05, 0) is 61.6 Å². The highest BCUT2D eigenvalue weighted by Gasteiger charge is 2.25. The zero-order valence-corrected chi connectivity index (χ0v) is 29.5. The predicted octanol–water partition coefficient (Wildman–Crippen LogP) is 5.93. The highest BCUT2D eigenvalue weighted by molar-refractivity contribution is 5.95. The van der Waals surface area contributed by atoms with E-state index in [0.717, 1.165) is 80.8 Å². The van der Waals surface area contributed by atoms with E-state index in [2.05, 4.69) is 15.5 Å². The molecule has 3 aromatic carbocycles. The lowest BCUT2D eigenvalue weighted by Crippen LogP contribution is -2.50. The molecule has 2 heterocycles. The Bertz CT molecular complexity index is 1590. The normalized spacial score (nSPS) is 15.2. The second-order valence-corrected chi connectivity index (χ2v) is 13.2. The molecule has 3 N–H and O–H groups in total. The molecular formula is C39H50N6O6. The molecule has 2 aliphatic rings. The molecule has 2 fully saturated rings. The van der Waals surface area contributed by atoms with Crippen molar-refractivity contribution in [2.45, 2.75) is 44.6 Å². The van der Waals surface area contributed by atoms with Crippen molar-refractivity contribution < 1.29 is 29.0 Å². The summed E-state index contributed by atoms with van der Waals surface area (Å²) in [5.74, 6) is 0.0670. The van der Waals surface area contributed by atoms with E-state index in [1.54, 1.807) is 17.0 Å². The van der Waals surface area contributed by atoms with Crippen molar-refractivity contribution in [2.75, 3.05) is 76.6 Å². The number of rotatable bonds is 14. The Hall–Kier alpha value is -5.10. The number of carbonyl (C=O) groups excluding carboxylic acids is 3. The van der Waals surface area contributed by atoms with Gasteiger partial charge in [-0.2, -0.15) is 0 Å². The number of carbonyl (C=O) groups is 4. The lowest BCUT2D eigenvalue weighted by atomic mass is 10.0. The summed E-state index contributed by atoms with van der Waals surface area (Å²) in [5, 5.41) is 15.4. The van der Waals surface area contributed by atoms with Crippen LogP contribution in [-0.2, 0) is 9.53 Å². The largest absolute Gasteiger partial charge is 0.465 e. The first-order chi connectivity index (χ1) is 24.8. The third-order valence-electron chi connectivity index (χ3n) is 9.60. The lowest BCUT2D eigenvalue weighted by molar-refractivity contribution is -0.130. The summed E-state index contributed by atoms with van der Waals surface area (Å²) in [6, 6.07) is 25.0. The van der Waals surface area contributed by atoms with Crippen LogP contribution in [0.3, 0.4) is 0 Å². The van der Waals surface area contributed by atoms with Gasteiger partial charge < -0.3 is 34.8 Å². The summed E-state index contributed by atoms with van der Waals surface area (Å²) in [6.07, 6.45) is 3.21. The van der Waals surface area contributed by atoms with Gasteiger partial charge in [0.25, 0.3) is 5.91 Å². The number of para-hydroxylation sites is 1. The second-order valence-electron chi connectivity index (χ2n) is 13.2. The van der Waals surface area contributed by atoms with Crippen LogP contribution in [-0.4, -0.2) is 121 Å². The van der Waals surface area contributed by atoms with Crippen LogP contribution in [0.2, 0.25) is 0 Å². The van der Waals surface area contributed by atoms with Crippen molar-refractivity contribution in [1.82, 2.24) is 19.6 Å². The van der Waals surface area contributed by atoms with Gasteiger partial charge in [-0.1, -0.05) is 55.0 Å². The van der Waals surface area contributed by atoms with Gasteiger partial charge in [-0.3, -0.25) is 14.9 Å². The summed E-state index contributed by atoms with van der Waals surface area (Å²) in [7, 11) is 1.86. The van der Waals surface area contributed by atoms with Crippen LogP contribution >= 0.6 is 0 Å². The second kappa shape index (κ2) is 18.8. The highest BCUT2D eigenvalue weighted by atomic mass is 16.6. The van der Waals surface area contributed by atoms with E-state index in [4.69, 9.17) is 9.84 Å². The molecule has 0 spiro atoms. The number of amides is 4. The van der Waals surface area contributed by atoms with Crippen molar-refractivity contribution >= 4 is 35.4 Å². The molecule has 0 aromatic heterocycles. The fourth-order valence-electron chi connectivity index (χ4n) is 6.43. The van der Waals surface area contributed by atoms with Crippen molar-refractivity contribution in [3.05, 3.63) is 84.4 Å². The minimum atomic E-state index is -0.950. The van der Waals surface area contributed by atoms with Gasteiger partial charge in [0.15, 0.2) is 0 Å². The van der Waals surface area contributed by atoms with E-state index >= 15 is 0 Å². The Kier molecular flexibility index (Phi) is 13.7. The lowest BCUT2D eigenvalue weighted by Gasteiger charge is -2.33. The average Bonchev–Trinajstić information content (AvgIpc) is 3.16. The molecule has 0 aliphatic carbocycles. The number of nitrogens with zero attached hydrogens (tertiary/aromatic N) is 4. The van der Waals surface area contributed by atoms with Crippen molar-refractivity contribution in [2.24, 2.45) is 0 Å². The van der Waals surface area contributed by atoms with Crippen LogP contribution in [0.5, 0.6) is 0 Å². The number of piperazine rings is 1. The SMILES string of the molecule is CN(CCN1CCC(OC(=O)Nc2ccccc2-c2ccccc2)CC1)C(=O)CCCCCNc1ccc(C(=O)N2CCN(C(=O)O)CC2)cc1. The maximum absolute atomic E-state index is 12.8. The molecule has 12 nitrogen and oxygen atoms in total. The van der Waals surface area contributed by atoms with Gasteiger partial charge in [-0.25, -0.2) is 9.59 Å². The number of likely N-dealkylation sites (tertiary alicyclic amines) is 1. The molecule has 4 amide bonds.